The fourth-order valence-corrected chi connectivity index (χ4v) is 2.38. The number of hydrogen-bond donors (Lipinski definition) is 2. The van der Waals surface area contributed by atoms with Gasteiger partial charge in [-0.25, -0.2) is 4.79 Å². The number of ether oxygens (including phenoxy) is 2. The monoisotopic (exact) mass is 331 g/mol. The number of carboxylic acid groups (broad SMARTS) is 1. The van der Waals surface area contributed by atoms with E-state index in [0.29, 0.717) is 26.1 Å². The summed E-state index contributed by atoms with van der Waals surface area (Å²) in [6, 6.07) is 0. The van der Waals surface area contributed by atoms with E-state index in [0.717, 1.165) is 6.42 Å². The molecular weight excluding hydrogens is 298 g/mol. The molecule has 0 aliphatic rings. The van der Waals surface area contributed by atoms with E-state index >= 15 is 0 Å². The number of hydrogen-bond acceptors (Lipinski definition) is 4. The van der Waals surface area contributed by atoms with Crippen LogP contribution in [0.15, 0.2) is 0 Å². The van der Waals surface area contributed by atoms with Crippen LogP contribution in [0.1, 0.15) is 60.8 Å². The van der Waals surface area contributed by atoms with Gasteiger partial charge in [-0.3, -0.25) is 4.79 Å². The number of nitrogens with one attached hydrogen (secondary N) is 1. The molecule has 1 unspecified atom stereocenters. The van der Waals surface area contributed by atoms with E-state index in [1.165, 1.54) is 0 Å². The van der Waals surface area contributed by atoms with Crippen LogP contribution < -0.4 is 5.32 Å². The summed E-state index contributed by atoms with van der Waals surface area (Å²) >= 11 is 0. The van der Waals surface area contributed by atoms with Crippen molar-refractivity contribution >= 4 is 12.1 Å². The van der Waals surface area contributed by atoms with Gasteiger partial charge in [-0.1, -0.05) is 20.8 Å². The normalized spacial score (nSPS) is 14.4. The van der Waals surface area contributed by atoms with Gasteiger partial charge >= 0.3 is 12.1 Å². The number of amides is 1. The Kier molecular flexibility index (Phi) is 9.20. The highest BCUT2D eigenvalue weighted by Crippen LogP contribution is 2.31. The Hall–Kier alpha value is -1.30. The molecule has 0 bridgehead atoms. The highest BCUT2D eigenvalue weighted by Gasteiger charge is 2.39. The molecule has 2 N–H and O–H groups in total. The summed E-state index contributed by atoms with van der Waals surface area (Å²) in [5.41, 5.74) is -1.66. The van der Waals surface area contributed by atoms with Crippen LogP contribution in [0.2, 0.25) is 0 Å². The molecule has 0 fully saturated rings. The summed E-state index contributed by atoms with van der Waals surface area (Å²) in [6.45, 7) is 12.3. The molecule has 1 amide bonds. The first-order valence-electron chi connectivity index (χ1n) is 8.30. The van der Waals surface area contributed by atoms with Crippen LogP contribution in [0, 0.1) is 11.3 Å². The molecule has 0 saturated heterocycles. The average Bonchev–Trinajstić information content (AvgIpc) is 2.38. The summed E-state index contributed by atoms with van der Waals surface area (Å²) < 4.78 is 10.6. The SMILES string of the molecule is CCCOCCC(CNC(=O)OC(C)(C)C)(CC(C)C)C(=O)O. The Labute approximate surface area is 139 Å². The van der Waals surface area contributed by atoms with Gasteiger partial charge in [0, 0.05) is 19.8 Å². The Balaban J connectivity index is 4.87. The summed E-state index contributed by atoms with van der Waals surface area (Å²) in [4.78, 5) is 23.7. The van der Waals surface area contributed by atoms with Gasteiger partial charge < -0.3 is 19.9 Å². The van der Waals surface area contributed by atoms with E-state index in [4.69, 9.17) is 9.47 Å². The fourth-order valence-electron chi connectivity index (χ4n) is 2.38. The van der Waals surface area contributed by atoms with Crippen molar-refractivity contribution in [3.8, 4) is 0 Å². The van der Waals surface area contributed by atoms with Crippen molar-refractivity contribution in [1.82, 2.24) is 5.32 Å². The molecule has 6 nitrogen and oxygen atoms in total. The van der Waals surface area contributed by atoms with Gasteiger partial charge in [-0.05, 0) is 46.0 Å². The standard InChI is InChI=1S/C17H33NO5/c1-7-9-22-10-8-17(14(19)20,11-13(2)3)12-18-15(21)23-16(4,5)6/h13H,7-12H2,1-6H3,(H,18,21)(H,19,20). The van der Waals surface area contributed by atoms with Crippen LogP contribution in [-0.4, -0.2) is 42.5 Å². The van der Waals surface area contributed by atoms with Crippen LogP contribution >= 0.6 is 0 Å². The number of carboxylic acids is 1. The Morgan fingerprint density at radius 1 is 1.17 bits per heavy atom. The third kappa shape index (κ3) is 9.43. The minimum absolute atomic E-state index is 0.0327. The molecule has 0 spiro atoms. The second-order valence-electron chi connectivity index (χ2n) is 7.40. The van der Waals surface area contributed by atoms with E-state index in [1.54, 1.807) is 20.8 Å². The molecule has 136 valence electrons. The van der Waals surface area contributed by atoms with Gasteiger partial charge in [0.15, 0.2) is 0 Å². The first-order valence-corrected chi connectivity index (χ1v) is 8.30. The minimum Gasteiger partial charge on any atom is -0.481 e. The smallest absolute Gasteiger partial charge is 0.407 e. The minimum atomic E-state index is -1.04. The Bertz CT molecular complexity index is 376. The van der Waals surface area contributed by atoms with E-state index in [2.05, 4.69) is 5.32 Å². The van der Waals surface area contributed by atoms with E-state index in [1.807, 2.05) is 20.8 Å². The maximum Gasteiger partial charge on any atom is 0.407 e. The summed E-state index contributed by atoms with van der Waals surface area (Å²) in [7, 11) is 0. The molecule has 1 atom stereocenters. The predicted molar refractivity (Wildman–Crippen MR) is 89.5 cm³/mol. The zero-order valence-electron chi connectivity index (χ0n) is 15.4. The van der Waals surface area contributed by atoms with E-state index in [9.17, 15) is 14.7 Å². The van der Waals surface area contributed by atoms with Crippen LogP contribution in [0.4, 0.5) is 4.79 Å². The lowest BCUT2D eigenvalue weighted by Crippen LogP contribution is -2.46. The number of alkyl carbamates (subject to hydrolysis) is 1. The molecule has 0 rings (SSSR count). The third-order valence-electron chi connectivity index (χ3n) is 3.30. The Morgan fingerprint density at radius 2 is 1.78 bits per heavy atom. The first kappa shape index (κ1) is 21.7. The molecule has 0 saturated carbocycles. The molecular formula is C17H33NO5. The number of aliphatic carboxylic acids is 1. The van der Waals surface area contributed by atoms with Crippen molar-refractivity contribution in [3.05, 3.63) is 0 Å². The quantitative estimate of drug-likeness (QED) is 0.599. The van der Waals surface area contributed by atoms with Crippen molar-refractivity contribution in [2.24, 2.45) is 11.3 Å². The van der Waals surface area contributed by atoms with Gasteiger partial charge in [0.25, 0.3) is 0 Å². The van der Waals surface area contributed by atoms with Crippen molar-refractivity contribution < 1.29 is 24.2 Å². The van der Waals surface area contributed by atoms with Crippen LogP contribution in [0.3, 0.4) is 0 Å². The predicted octanol–water partition coefficient (Wildman–Crippen LogP) is 3.44. The number of rotatable bonds is 10. The molecule has 0 aliphatic carbocycles. The maximum absolute atomic E-state index is 11.9. The zero-order chi connectivity index (χ0) is 18.1. The van der Waals surface area contributed by atoms with Crippen molar-refractivity contribution in [2.45, 2.75) is 66.4 Å². The zero-order valence-corrected chi connectivity index (χ0v) is 15.4. The van der Waals surface area contributed by atoms with Gasteiger partial charge in [0.05, 0.1) is 5.41 Å². The van der Waals surface area contributed by atoms with Gasteiger partial charge in [0.2, 0.25) is 0 Å². The second kappa shape index (κ2) is 9.75. The van der Waals surface area contributed by atoms with Crippen LogP contribution in [0.25, 0.3) is 0 Å². The third-order valence-corrected chi connectivity index (χ3v) is 3.30. The van der Waals surface area contributed by atoms with Crippen molar-refractivity contribution in [3.63, 3.8) is 0 Å². The van der Waals surface area contributed by atoms with E-state index < -0.39 is 23.1 Å². The Morgan fingerprint density at radius 3 is 2.22 bits per heavy atom. The average molecular weight is 331 g/mol. The lowest BCUT2D eigenvalue weighted by molar-refractivity contribution is -0.151. The highest BCUT2D eigenvalue weighted by molar-refractivity contribution is 5.76. The lowest BCUT2D eigenvalue weighted by atomic mass is 9.77. The molecule has 0 radical (unpaired) electrons. The largest absolute Gasteiger partial charge is 0.481 e. The molecule has 0 heterocycles. The molecule has 0 aromatic rings. The fraction of sp³-hybridized carbons (Fsp3) is 0.882. The molecule has 0 aromatic carbocycles. The van der Waals surface area contributed by atoms with Crippen molar-refractivity contribution in [2.75, 3.05) is 19.8 Å². The second-order valence-corrected chi connectivity index (χ2v) is 7.40. The topological polar surface area (TPSA) is 84.9 Å². The summed E-state index contributed by atoms with van der Waals surface area (Å²) in [5.74, 6) is -0.722. The van der Waals surface area contributed by atoms with Crippen LogP contribution in [0.5, 0.6) is 0 Å². The lowest BCUT2D eigenvalue weighted by Gasteiger charge is -2.31. The van der Waals surface area contributed by atoms with Crippen LogP contribution in [-0.2, 0) is 14.3 Å². The first-order chi connectivity index (χ1) is 10.5. The maximum atomic E-state index is 11.9. The molecule has 23 heavy (non-hydrogen) atoms. The summed E-state index contributed by atoms with van der Waals surface area (Å²) in [6.07, 6.45) is 1.12. The molecule has 0 aromatic heterocycles. The molecule has 6 heteroatoms. The molecule has 0 aliphatic heterocycles. The summed E-state index contributed by atoms with van der Waals surface area (Å²) in [5, 5.41) is 12.3. The van der Waals surface area contributed by atoms with E-state index in [-0.39, 0.29) is 12.5 Å². The number of carbonyl (C=O) groups excluding carboxylic acids is 1. The van der Waals surface area contributed by atoms with Gasteiger partial charge in [-0.15, -0.1) is 0 Å². The van der Waals surface area contributed by atoms with Crippen molar-refractivity contribution in [1.29, 1.82) is 0 Å². The highest BCUT2D eigenvalue weighted by atomic mass is 16.6. The number of carbonyl (C=O) groups is 2. The van der Waals surface area contributed by atoms with Gasteiger partial charge in [0.1, 0.15) is 5.60 Å². The van der Waals surface area contributed by atoms with Gasteiger partial charge in [-0.2, -0.15) is 0 Å².